The van der Waals surface area contributed by atoms with Crippen LogP contribution in [0.3, 0.4) is 0 Å². The molecule has 1 amide bonds. The van der Waals surface area contributed by atoms with Crippen LogP contribution in [0.25, 0.3) is 0 Å². The van der Waals surface area contributed by atoms with E-state index in [0.29, 0.717) is 60.0 Å². The summed E-state index contributed by atoms with van der Waals surface area (Å²) in [4.78, 5) is 27.1. The molecule has 1 spiro atoms. The minimum atomic E-state index is -0.554. The standard InChI is InChI=1S/C21H20ClNO4/c1-26-16-5-6-17-18(24)13-21(27-19(17)12-16)7-9-23(10-8-21)20(25)14-3-2-4-15(22)11-14/h2-6,11-12H,7-10,13H2,1H3. The molecule has 0 atom stereocenters. The lowest BCUT2D eigenvalue weighted by molar-refractivity contribution is -0.00580. The van der Waals surface area contributed by atoms with Gasteiger partial charge in [0.15, 0.2) is 5.78 Å². The van der Waals surface area contributed by atoms with Crippen molar-refractivity contribution in [1.29, 1.82) is 0 Å². The van der Waals surface area contributed by atoms with E-state index in [-0.39, 0.29) is 11.7 Å². The molecule has 2 heterocycles. The van der Waals surface area contributed by atoms with Crippen LogP contribution in [0.15, 0.2) is 42.5 Å². The van der Waals surface area contributed by atoms with Crippen LogP contribution in [0.2, 0.25) is 5.02 Å². The number of amides is 1. The molecule has 0 aromatic heterocycles. The summed E-state index contributed by atoms with van der Waals surface area (Å²) in [5.41, 5.74) is 0.620. The summed E-state index contributed by atoms with van der Waals surface area (Å²) in [6.07, 6.45) is 1.56. The number of rotatable bonds is 2. The SMILES string of the molecule is COc1ccc2c(c1)OC1(CCN(C(=O)c3cccc(Cl)c3)CC1)CC2=O. The van der Waals surface area contributed by atoms with Gasteiger partial charge in [0.2, 0.25) is 0 Å². The zero-order valence-electron chi connectivity index (χ0n) is 15.0. The van der Waals surface area contributed by atoms with Gasteiger partial charge in [0, 0.05) is 42.6 Å². The third-order valence-electron chi connectivity index (χ3n) is 5.33. The van der Waals surface area contributed by atoms with Gasteiger partial charge in [-0.1, -0.05) is 17.7 Å². The Balaban J connectivity index is 1.50. The van der Waals surface area contributed by atoms with Gasteiger partial charge in [-0.2, -0.15) is 0 Å². The van der Waals surface area contributed by atoms with Crippen molar-refractivity contribution in [2.24, 2.45) is 0 Å². The number of nitrogens with zero attached hydrogens (tertiary/aromatic N) is 1. The number of benzene rings is 2. The number of carbonyl (C=O) groups excluding carboxylic acids is 2. The fourth-order valence-electron chi connectivity index (χ4n) is 3.80. The molecule has 4 rings (SSSR count). The Bertz CT molecular complexity index is 903. The highest BCUT2D eigenvalue weighted by molar-refractivity contribution is 6.30. The molecule has 0 bridgehead atoms. The highest BCUT2D eigenvalue weighted by Gasteiger charge is 2.43. The highest BCUT2D eigenvalue weighted by atomic mass is 35.5. The van der Waals surface area contributed by atoms with E-state index in [2.05, 4.69) is 0 Å². The molecule has 27 heavy (non-hydrogen) atoms. The maximum atomic E-state index is 12.7. The summed E-state index contributed by atoms with van der Waals surface area (Å²) >= 11 is 5.99. The highest BCUT2D eigenvalue weighted by Crippen LogP contribution is 2.40. The summed E-state index contributed by atoms with van der Waals surface area (Å²) < 4.78 is 11.5. The smallest absolute Gasteiger partial charge is 0.253 e. The molecule has 2 aromatic carbocycles. The number of piperidine rings is 1. The summed E-state index contributed by atoms with van der Waals surface area (Å²) in [7, 11) is 1.59. The second-order valence-corrected chi connectivity index (χ2v) is 7.49. The van der Waals surface area contributed by atoms with Crippen molar-refractivity contribution in [3.05, 3.63) is 58.6 Å². The molecule has 2 aliphatic heterocycles. The molecule has 140 valence electrons. The third-order valence-corrected chi connectivity index (χ3v) is 5.57. The molecule has 1 fully saturated rings. The third kappa shape index (κ3) is 3.39. The number of ketones is 1. The van der Waals surface area contributed by atoms with Crippen molar-refractivity contribution in [2.75, 3.05) is 20.2 Å². The largest absolute Gasteiger partial charge is 0.497 e. The fourth-order valence-corrected chi connectivity index (χ4v) is 3.99. The number of hydrogen-bond acceptors (Lipinski definition) is 4. The van der Waals surface area contributed by atoms with E-state index in [1.165, 1.54) is 0 Å². The lowest BCUT2D eigenvalue weighted by Gasteiger charge is -2.44. The average molecular weight is 386 g/mol. The molecule has 0 unspecified atom stereocenters. The van der Waals surface area contributed by atoms with Crippen LogP contribution >= 0.6 is 11.6 Å². The molecule has 0 N–H and O–H groups in total. The summed E-state index contributed by atoms with van der Waals surface area (Å²) in [5, 5.41) is 0.543. The molecule has 0 radical (unpaired) electrons. The van der Waals surface area contributed by atoms with E-state index >= 15 is 0 Å². The van der Waals surface area contributed by atoms with Gasteiger partial charge in [-0.05, 0) is 30.3 Å². The Kier molecular flexibility index (Phi) is 4.56. The number of carbonyl (C=O) groups is 2. The van der Waals surface area contributed by atoms with Gasteiger partial charge in [-0.25, -0.2) is 0 Å². The Morgan fingerprint density at radius 2 is 1.96 bits per heavy atom. The topological polar surface area (TPSA) is 55.8 Å². The molecule has 0 aliphatic carbocycles. The van der Waals surface area contributed by atoms with Gasteiger partial charge in [0.05, 0.1) is 19.1 Å². The first-order valence-electron chi connectivity index (χ1n) is 8.95. The molecule has 2 aliphatic rings. The molecular formula is C21H20ClNO4. The minimum absolute atomic E-state index is 0.0449. The number of hydrogen-bond donors (Lipinski definition) is 0. The number of Topliss-reactive ketones (excluding diaryl/α,β-unsaturated/α-hetero) is 1. The van der Waals surface area contributed by atoms with Crippen LogP contribution < -0.4 is 9.47 Å². The van der Waals surface area contributed by atoms with Crippen molar-refractivity contribution in [3.8, 4) is 11.5 Å². The predicted octanol–water partition coefficient (Wildman–Crippen LogP) is 3.99. The fraction of sp³-hybridized carbons (Fsp3) is 0.333. The van der Waals surface area contributed by atoms with Crippen molar-refractivity contribution >= 4 is 23.3 Å². The van der Waals surface area contributed by atoms with Gasteiger partial charge in [-0.3, -0.25) is 9.59 Å². The minimum Gasteiger partial charge on any atom is -0.497 e. The van der Waals surface area contributed by atoms with Crippen LogP contribution in [-0.4, -0.2) is 42.4 Å². The van der Waals surface area contributed by atoms with Crippen molar-refractivity contribution in [3.63, 3.8) is 0 Å². The lowest BCUT2D eigenvalue weighted by Crippen LogP contribution is -2.52. The van der Waals surface area contributed by atoms with Gasteiger partial charge in [-0.15, -0.1) is 0 Å². The molecule has 5 nitrogen and oxygen atoms in total. The van der Waals surface area contributed by atoms with Crippen LogP contribution in [0.4, 0.5) is 0 Å². The van der Waals surface area contributed by atoms with Crippen molar-refractivity contribution < 1.29 is 19.1 Å². The number of halogens is 1. The first-order chi connectivity index (χ1) is 13.0. The molecule has 1 saturated heterocycles. The number of ether oxygens (including phenoxy) is 2. The summed E-state index contributed by atoms with van der Waals surface area (Å²) in [5.74, 6) is 1.26. The number of fused-ring (bicyclic) bond motifs is 1. The molecular weight excluding hydrogens is 366 g/mol. The average Bonchev–Trinajstić information content (AvgIpc) is 2.67. The van der Waals surface area contributed by atoms with Crippen molar-refractivity contribution in [2.45, 2.75) is 24.9 Å². The van der Waals surface area contributed by atoms with E-state index < -0.39 is 5.60 Å². The van der Waals surface area contributed by atoms with Crippen LogP contribution in [-0.2, 0) is 0 Å². The molecule has 2 aromatic rings. The van der Waals surface area contributed by atoms with Gasteiger partial charge >= 0.3 is 0 Å². The molecule has 6 heteroatoms. The Morgan fingerprint density at radius 1 is 1.19 bits per heavy atom. The van der Waals surface area contributed by atoms with Gasteiger partial charge in [0.1, 0.15) is 17.1 Å². The van der Waals surface area contributed by atoms with E-state index in [1.807, 2.05) is 0 Å². The van der Waals surface area contributed by atoms with Crippen LogP contribution in [0.5, 0.6) is 11.5 Å². The monoisotopic (exact) mass is 385 g/mol. The zero-order valence-corrected chi connectivity index (χ0v) is 15.8. The van der Waals surface area contributed by atoms with E-state index in [1.54, 1.807) is 54.5 Å². The first kappa shape index (κ1) is 17.9. The zero-order chi connectivity index (χ0) is 19.0. The van der Waals surface area contributed by atoms with E-state index in [4.69, 9.17) is 21.1 Å². The normalized spacial score (nSPS) is 18.0. The predicted molar refractivity (Wildman–Crippen MR) is 102 cm³/mol. The number of methoxy groups -OCH3 is 1. The van der Waals surface area contributed by atoms with Gasteiger partial charge < -0.3 is 14.4 Å². The Labute approximate surface area is 162 Å². The first-order valence-corrected chi connectivity index (χ1v) is 9.33. The van der Waals surface area contributed by atoms with Crippen LogP contribution in [0, 0.1) is 0 Å². The molecule has 0 saturated carbocycles. The summed E-state index contributed by atoms with van der Waals surface area (Å²) in [6, 6.07) is 12.2. The second-order valence-electron chi connectivity index (χ2n) is 7.05. The second kappa shape index (κ2) is 6.89. The maximum Gasteiger partial charge on any atom is 0.253 e. The van der Waals surface area contributed by atoms with Crippen molar-refractivity contribution in [1.82, 2.24) is 4.90 Å². The van der Waals surface area contributed by atoms with Gasteiger partial charge in [0.25, 0.3) is 5.91 Å². The van der Waals surface area contributed by atoms with Crippen LogP contribution in [0.1, 0.15) is 40.0 Å². The van der Waals surface area contributed by atoms with E-state index in [0.717, 1.165) is 0 Å². The Hall–Kier alpha value is -2.53. The Morgan fingerprint density at radius 3 is 2.67 bits per heavy atom. The van der Waals surface area contributed by atoms with E-state index in [9.17, 15) is 9.59 Å². The quantitative estimate of drug-likeness (QED) is 0.784. The summed E-state index contributed by atoms with van der Waals surface area (Å²) in [6.45, 7) is 1.08. The maximum absolute atomic E-state index is 12.7. The lowest BCUT2D eigenvalue weighted by atomic mass is 9.82. The number of likely N-dealkylation sites (tertiary alicyclic amines) is 1.